The first kappa shape index (κ1) is 29.6. The second kappa shape index (κ2) is 12.4. The third kappa shape index (κ3) is 6.66. The summed E-state index contributed by atoms with van der Waals surface area (Å²) in [6.07, 6.45) is -1.22. The van der Waals surface area contributed by atoms with Crippen molar-refractivity contribution in [1.82, 2.24) is 0 Å². The molecule has 1 atom stereocenters. The predicted molar refractivity (Wildman–Crippen MR) is 185 cm³/mol. The van der Waals surface area contributed by atoms with Gasteiger partial charge in [-0.1, -0.05) is 169 Å². The molecule has 5 rings (SSSR count). The van der Waals surface area contributed by atoms with Gasteiger partial charge in [-0.3, -0.25) is 0 Å². The summed E-state index contributed by atoms with van der Waals surface area (Å²) in [5, 5.41) is 1.40. The highest BCUT2D eigenvalue weighted by Gasteiger charge is 2.31. The van der Waals surface area contributed by atoms with Crippen LogP contribution in [0.15, 0.2) is 140 Å². The lowest BCUT2D eigenvalue weighted by atomic mass is 9.13. The Hall–Kier alpha value is -3.41. The Bertz CT molecular complexity index is 1280. The molecule has 0 aliphatic heterocycles. The summed E-state index contributed by atoms with van der Waals surface area (Å²) in [6, 6.07) is 50.5. The van der Waals surface area contributed by atoms with Gasteiger partial charge in [-0.05, 0) is 34.1 Å². The van der Waals surface area contributed by atoms with Gasteiger partial charge in [-0.25, -0.2) is 0 Å². The minimum Gasteiger partial charge on any atom is -0.195 e. The van der Waals surface area contributed by atoms with Gasteiger partial charge in [-0.2, -0.15) is 21.9 Å². The van der Waals surface area contributed by atoms with E-state index in [9.17, 15) is 0 Å². The van der Waals surface area contributed by atoms with Crippen molar-refractivity contribution in [2.75, 3.05) is 0 Å². The molecule has 0 amide bonds. The van der Waals surface area contributed by atoms with E-state index in [1.807, 2.05) is 9.24 Å². The highest BCUT2D eigenvalue weighted by molar-refractivity contribution is 7.27. The molecular formula is C38H44BP. The molecule has 0 heterocycles. The van der Waals surface area contributed by atoms with Crippen LogP contribution in [0.25, 0.3) is 0 Å². The van der Waals surface area contributed by atoms with E-state index >= 15 is 0 Å². The fourth-order valence-corrected chi connectivity index (χ4v) is 6.12. The van der Waals surface area contributed by atoms with Crippen molar-refractivity contribution in [3.63, 3.8) is 0 Å². The van der Waals surface area contributed by atoms with Crippen molar-refractivity contribution in [3.05, 3.63) is 151 Å². The molecule has 0 nitrogen and oxygen atoms in total. The summed E-state index contributed by atoms with van der Waals surface area (Å²) >= 11 is 0. The average Bonchev–Trinajstić information content (AvgIpc) is 2.95. The van der Waals surface area contributed by atoms with Gasteiger partial charge in [-0.15, -0.1) is 0 Å². The van der Waals surface area contributed by atoms with Gasteiger partial charge in [0.25, 0.3) is 0 Å². The molecule has 5 aromatic rings. The fraction of sp³-hybridized carbons (Fsp3) is 0.211. The molecule has 0 N–H and O–H groups in total. The van der Waals surface area contributed by atoms with Crippen molar-refractivity contribution in [2.24, 2.45) is 0 Å². The van der Waals surface area contributed by atoms with Crippen LogP contribution in [0.2, 0.25) is 0 Å². The lowest BCUT2D eigenvalue weighted by Crippen LogP contribution is -2.74. The van der Waals surface area contributed by atoms with Crippen LogP contribution in [-0.2, 0) is 10.8 Å². The Labute approximate surface area is 245 Å². The summed E-state index contributed by atoms with van der Waals surface area (Å²) in [5.74, 6) is 0. The van der Waals surface area contributed by atoms with Crippen molar-refractivity contribution in [3.8, 4) is 0 Å². The Morgan fingerprint density at radius 3 is 0.875 bits per heavy atom. The first-order valence-electron chi connectivity index (χ1n) is 14.4. The van der Waals surface area contributed by atoms with Gasteiger partial charge < -0.3 is 0 Å². The third-order valence-corrected chi connectivity index (χ3v) is 8.33. The molecule has 2 heteroatoms. The van der Waals surface area contributed by atoms with Crippen molar-refractivity contribution >= 4 is 42.5 Å². The second-order valence-electron chi connectivity index (χ2n) is 12.9. The van der Waals surface area contributed by atoms with Gasteiger partial charge in [0, 0.05) is 9.24 Å². The van der Waals surface area contributed by atoms with Gasteiger partial charge in [0.05, 0.1) is 5.30 Å². The van der Waals surface area contributed by atoms with E-state index in [1.165, 1.54) is 38.3 Å². The Kier molecular flexibility index (Phi) is 9.17. The molecule has 1 unspecified atom stereocenters. The maximum atomic E-state index is 2.36. The molecule has 0 radical (unpaired) electrons. The van der Waals surface area contributed by atoms with Crippen molar-refractivity contribution < 1.29 is 0 Å². The molecule has 40 heavy (non-hydrogen) atoms. The van der Waals surface area contributed by atoms with E-state index in [0.717, 1.165) is 0 Å². The molecule has 0 spiro atoms. The molecule has 0 aliphatic carbocycles. The number of hydrogen-bond donors (Lipinski definition) is 0. The average molecular weight is 543 g/mol. The Morgan fingerprint density at radius 1 is 0.400 bits per heavy atom. The first-order chi connectivity index (χ1) is 19.0. The molecule has 0 saturated carbocycles. The molecule has 204 valence electrons. The standard InChI is InChI=1S/C24H20B.C14H23P/c1-5-13-21(14-6-1)25(22-15-7-2-8-16-22,23-17-9-3-10-18-23)24-19-11-4-12-20-24;1-13(2,3)10-7-11(14(4,5)6)9-12(15)8-10/h1-20H;7-9H,15H2,1-6H3/q-1;/p+1. The largest absolute Gasteiger partial charge is 0.195 e. The minimum atomic E-state index is -1.22. The maximum absolute atomic E-state index is 2.36. The van der Waals surface area contributed by atoms with E-state index in [-0.39, 0.29) is 10.8 Å². The summed E-state index contributed by atoms with van der Waals surface area (Å²) in [5.41, 5.74) is 8.74. The quantitative estimate of drug-likeness (QED) is 0.178. The van der Waals surface area contributed by atoms with Crippen LogP contribution in [0.3, 0.4) is 0 Å². The topological polar surface area (TPSA) is 0 Å². The Balaban J connectivity index is 0.000000212. The van der Waals surface area contributed by atoms with Gasteiger partial charge in [0.1, 0.15) is 6.15 Å². The monoisotopic (exact) mass is 542 g/mol. The van der Waals surface area contributed by atoms with Crippen LogP contribution in [0.5, 0.6) is 0 Å². The third-order valence-electron chi connectivity index (χ3n) is 7.92. The summed E-state index contributed by atoms with van der Waals surface area (Å²) < 4.78 is 0. The van der Waals surface area contributed by atoms with Gasteiger partial charge >= 0.3 is 0 Å². The Morgan fingerprint density at radius 2 is 0.650 bits per heavy atom. The smallest absolute Gasteiger partial charge is 0.108 e. The van der Waals surface area contributed by atoms with E-state index in [0.29, 0.717) is 0 Å². The van der Waals surface area contributed by atoms with Crippen LogP contribution in [0, 0.1) is 0 Å². The van der Waals surface area contributed by atoms with E-state index in [1.54, 1.807) is 0 Å². The van der Waals surface area contributed by atoms with Crippen molar-refractivity contribution in [2.45, 2.75) is 52.4 Å². The van der Waals surface area contributed by atoms with Crippen LogP contribution < -0.4 is 27.2 Å². The zero-order valence-corrected chi connectivity index (χ0v) is 26.5. The SMILES string of the molecule is CC(C)(C)c1cc([PH3+])cc(C(C)(C)C)c1.c1ccc([B-](c2ccccc2)(c2ccccc2)c2ccccc2)cc1. The van der Waals surface area contributed by atoms with Gasteiger partial charge in [0.2, 0.25) is 0 Å². The molecule has 0 aromatic heterocycles. The van der Waals surface area contributed by atoms with E-state index < -0.39 is 6.15 Å². The van der Waals surface area contributed by atoms with E-state index in [4.69, 9.17) is 0 Å². The first-order valence-corrected chi connectivity index (χ1v) is 15.1. The fourth-order valence-electron chi connectivity index (χ4n) is 5.68. The van der Waals surface area contributed by atoms with Crippen LogP contribution in [0.1, 0.15) is 52.7 Å². The normalized spacial score (nSPS) is 11.9. The van der Waals surface area contributed by atoms with Crippen LogP contribution in [0.4, 0.5) is 0 Å². The number of rotatable bonds is 4. The maximum Gasteiger partial charge on any atom is 0.108 e. The van der Waals surface area contributed by atoms with Crippen LogP contribution in [-0.4, -0.2) is 6.15 Å². The lowest BCUT2D eigenvalue weighted by molar-refractivity contribution is 0.569. The lowest BCUT2D eigenvalue weighted by Gasteiger charge is -2.44. The number of benzene rings is 5. The van der Waals surface area contributed by atoms with Crippen molar-refractivity contribution in [1.29, 1.82) is 0 Å². The summed E-state index contributed by atoms with van der Waals surface area (Å²) in [7, 11) is 1.98. The summed E-state index contributed by atoms with van der Waals surface area (Å²) in [4.78, 5) is 0. The second-order valence-corrected chi connectivity index (χ2v) is 13.7. The van der Waals surface area contributed by atoms with Gasteiger partial charge in [0.15, 0.2) is 0 Å². The highest BCUT2D eigenvalue weighted by Crippen LogP contribution is 2.28. The highest BCUT2D eigenvalue weighted by atomic mass is 31.0. The molecule has 5 aromatic carbocycles. The molecule has 0 bridgehead atoms. The molecule has 0 fully saturated rings. The zero-order chi connectivity index (χ0) is 28.8. The zero-order valence-electron chi connectivity index (χ0n) is 25.1. The minimum absolute atomic E-state index is 0.247. The number of hydrogen-bond acceptors (Lipinski definition) is 0. The summed E-state index contributed by atoms with van der Waals surface area (Å²) in [6.45, 7) is 13.7. The van der Waals surface area contributed by atoms with Crippen LogP contribution >= 0.6 is 9.24 Å². The van der Waals surface area contributed by atoms with E-state index in [2.05, 4.69) is 181 Å². The predicted octanol–water partition coefficient (Wildman–Crippen LogP) is 6.58. The molecular weight excluding hydrogens is 498 g/mol. The molecule has 0 aliphatic rings. The molecule has 0 saturated heterocycles.